The molecule has 2 aromatic carbocycles. The van der Waals surface area contributed by atoms with E-state index in [0.717, 1.165) is 5.56 Å². The minimum absolute atomic E-state index is 0.136. The van der Waals surface area contributed by atoms with Gasteiger partial charge in [-0.3, -0.25) is 0 Å². The monoisotopic (exact) mass is 355 g/mol. The fourth-order valence-corrected chi connectivity index (χ4v) is 2.68. The van der Waals surface area contributed by atoms with Gasteiger partial charge in [-0.2, -0.15) is 0 Å². The van der Waals surface area contributed by atoms with Crippen molar-refractivity contribution in [1.29, 1.82) is 0 Å². The lowest BCUT2D eigenvalue weighted by Crippen LogP contribution is -2.39. The highest BCUT2D eigenvalue weighted by Crippen LogP contribution is 2.14. The summed E-state index contributed by atoms with van der Waals surface area (Å²) in [5, 5.41) is 2.73. The molecule has 1 amide bonds. The zero-order chi connectivity index (χ0) is 18.2. The molecule has 1 unspecified atom stereocenters. The van der Waals surface area contributed by atoms with Crippen LogP contribution in [-0.2, 0) is 20.8 Å². The Morgan fingerprint density at radius 1 is 1.08 bits per heavy atom. The molecule has 6 nitrogen and oxygen atoms in total. The maximum atomic E-state index is 12.1. The lowest BCUT2D eigenvalue weighted by Gasteiger charge is -2.21. The molecule has 1 heterocycles. The predicted octanol–water partition coefficient (Wildman–Crippen LogP) is 2.78. The molecule has 3 rings (SSSR count). The summed E-state index contributed by atoms with van der Waals surface area (Å²) < 4.78 is 16.1. The molecule has 1 aliphatic rings. The number of rotatable bonds is 8. The van der Waals surface area contributed by atoms with Crippen molar-refractivity contribution in [3.8, 4) is 0 Å². The molecule has 0 radical (unpaired) electrons. The van der Waals surface area contributed by atoms with Crippen molar-refractivity contribution in [2.75, 3.05) is 19.8 Å². The van der Waals surface area contributed by atoms with Gasteiger partial charge in [0.15, 0.2) is 0 Å². The van der Waals surface area contributed by atoms with Gasteiger partial charge in [0.2, 0.25) is 0 Å². The van der Waals surface area contributed by atoms with Crippen LogP contribution in [0.5, 0.6) is 0 Å². The van der Waals surface area contributed by atoms with E-state index in [0.29, 0.717) is 18.8 Å². The van der Waals surface area contributed by atoms with Crippen LogP contribution < -0.4 is 5.32 Å². The molecule has 2 atom stereocenters. The van der Waals surface area contributed by atoms with Crippen molar-refractivity contribution >= 4 is 12.1 Å². The van der Waals surface area contributed by atoms with Gasteiger partial charge < -0.3 is 19.5 Å². The molecule has 26 heavy (non-hydrogen) atoms. The van der Waals surface area contributed by atoms with Crippen LogP contribution in [0.2, 0.25) is 0 Å². The summed E-state index contributed by atoms with van der Waals surface area (Å²) >= 11 is 0. The van der Waals surface area contributed by atoms with Gasteiger partial charge in [-0.1, -0.05) is 48.5 Å². The Labute approximate surface area is 152 Å². The number of nitrogens with one attached hydrogen (secondary N) is 1. The highest BCUT2D eigenvalue weighted by molar-refractivity contribution is 5.89. The van der Waals surface area contributed by atoms with Crippen LogP contribution in [0.4, 0.5) is 4.79 Å². The van der Waals surface area contributed by atoms with E-state index in [4.69, 9.17) is 14.2 Å². The minimum Gasteiger partial charge on any atom is -0.462 e. The van der Waals surface area contributed by atoms with Gasteiger partial charge in [0.25, 0.3) is 0 Å². The third-order valence-electron chi connectivity index (χ3n) is 4.15. The standard InChI is InChI=1S/C20H21NO5/c22-19(16-9-5-2-6-10-16)25-13-17(18-14-26-20(23)21-18)12-24-11-15-7-3-1-4-8-15/h1-10,17-18H,11-14H2,(H,21,23)/t17-,18?/m0/s1. The molecular weight excluding hydrogens is 334 g/mol. The lowest BCUT2D eigenvalue weighted by atomic mass is 10.0. The zero-order valence-electron chi connectivity index (χ0n) is 14.3. The molecule has 1 aliphatic heterocycles. The summed E-state index contributed by atoms with van der Waals surface area (Å²) in [5.41, 5.74) is 1.54. The van der Waals surface area contributed by atoms with E-state index < -0.39 is 12.1 Å². The molecule has 1 saturated heterocycles. The summed E-state index contributed by atoms with van der Waals surface area (Å²) in [5.74, 6) is -0.596. The first-order chi connectivity index (χ1) is 12.7. The Hall–Kier alpha value is -2.86. The second kappa shape index (κ2) is 9.01. The van der Waals surface area contributed by atoms with Crippen LogP contribution >= 0.6 is 0 Å². The Morgan fingerprint density at radius 2 is 1.77 bits per heavy atom. The molecule has 0 bridgehead atoms. The Bertz CT molecular complexity index is 719. The van der Waals surface area contributed by atoms with E-state index in [2.05, 4.69) is 5.32 Å². The number of amides is 1. The van der Waals surface area contributed by atoms with E-state index in [9.17, 15) is 9.59 Å². The number of carbonyl (C=O) groups is 2. The van der Waals surface area contributed by atoms with Crippen LogP contribution in [0, 0.1) is 5.92 Å². The van der Waals surface area contributed by atoms with Gasteiger partial charge in [-0.15, -0.1) is 0 Å². The molecule has 1 N–H and O–H groups in total. The van der Waals surface area contributed by atoms with Crippen LogP contribution in [0.3, 0.4) is 0 Å². The molecule has 0 spiro atoms. The number of carbonyl (C=O) groups excluding carboxylic acids is 2. The van der Waals surface area contributed by atoms with Gasteiger partial charge in [-0.25, -0.2) is 9.59 Å². The zero-order valence-corrected chi connectivity index (χ0v) is 14.3. The quantitative estimate of drug-likeness (QED) is 0.737. The third kappa shape index (κ3) is 5.07. The second-order valence-electron chi connectivity index (χ2n) is 6.07. The maximum Gasteiger partial charge on any atom is 0.407 e. The number of hydrogen-bond acceptors (Lipinski definition) is 5. The third-order valence-corrected chi connectivity index (χ3v) is 4.15. The SMILES string of the molecule is O=C1NC([C@@H](COCc2ccccc2)COC(=O)c2ccccc2)CO1. The Morgan fingerprint density at radius 3 is 2.42 bits per heavy atom. The number of benzene rings is 2. The number of hydrogen-bond donors (Lipinski definition) is 1. The van der Waals surface area contributed by atoms with Gasteiger partial charge in [0.05, 0.1) is 31.4 Å². The fraction of sp³-hybridized carbons (Fsp3) is 0.300. The molecule has 0 aromatic heterocycles. The first kappa shape index (κ1) is 17.9. The summed E-state index contributed by atoms with van der Waals surface area (Å²) in [7, 11) is 0. The largest absolute Gasteiger partial charge is 0.462 e. The number of ether oxygens (including phenoxy) is 3. The molecule has 0 saturated carbocycles. The molecular formula is C20H21NO5. The molecule has 2 aromatic rings. The summed E-state index contributed by atoms with van der Waals surface area (Å²) in [6.45, 7) is 1.16. The van der Waals surface area contributed by atoms with Crippen LogP contribution in [0.15, 0.2) is 60.7 Å². The first-order valence-electron chi connectivity index (χ1n) is 8.49. The Kier molecular flexibility index (Phi) is 6.22. The average molecular weight is 355 g/mol. The normalized spacial score (nSPS) is 17.2. The topological polar surface area (TPSA) is 73.9 Å². The highest BCUT2D eigenvalue weighted by Gasteiger charge is 2.31. The van der Waals surface area contributed by atoms with Gasteiger partial charge >= 0.3 is 12.1 Å². The predicted molar refractivity (Wildman–Crippen MR) is 94.6 cm³/mol. The fourth-order valence-electron chi connectivity index (χ4n) is 2.68. The van der Waals surface area contributed by atoms with Crippen LogP contribution in [0.1, 0.15) is 15.9 Å². The number of alkyl carbamates (subject to hydrolysis) is 1. The highest BCUT2D eigenvalue weighted by atomic mass is 16.6. The minimum atomic E-state index is -0.461. The summed E-state index contributed by atoms with van der Waals surface area (Å²) in [6, 6.07) is 18.3. The van der Waals surface area contributed by atoms with Crippen molar-refractivity contribution in [1.82, 2.24) is 5.32 Å². The second-order valence-corrected chi connectivity index (χ2v) is 6.07. The van der Waals surface area contributed by atoms with Crippen molar-refractivity contribution in [3.05, 3.63) is 71.8 Å². The van der Waals surface area contributed by atoms with E-state index in [-0.39, 0.29) is 25.2 Å². The van der Waals surface area contributed by atoms with Crippen LogP contribution in [-0.4, -0.2) is 37.9 Å². The maximum absolute atomic E-state index is 12.1. The van der Waals surface area contributed by atoms with Gasteiger partial charge in [-0.05, 0) is 17.7 Å². The summed E-state index contributed by atoms with van der Waals surface area (Å²) in [6.07, 6.45) is -0.461. The van der Waals surface area contributed by atoms with E-state index in [1.54, 1.807) is 24.3 Å². The first-order valence-corrected chi connectivity index (χ1v) is 8.49. The van der Waals surface area contributed by atoms with Gasteiger partial charge in [0, 0.05) is 5.92 Å². The average Bonchev–Trinajstić information content (AvgIpc) is 3.12. The van der Waals surface area contributed by atoms with Crippen LogP contribution in [0.25, 0.3) is 0 Å². The molecule has 0 aliphatic carbocycles. The molecule has 1 fully saturated rings. The van der Waals surface area contributed by atoms with E-state index >= 15 is 0 Å². The van der Waals surface area contributed by atoms with Crippen molar-refractivity contribution in [2.45, 2.75) is 12.6 Å². The van der Waals surface area contributed by atoms with E-state index in [1.807, 2.05) is 36.4 Å². The smallest absolute Gasteiger partial charge is 0.407 e. The van der Waals surface area contributed by atoms with Crippen molar-refractivity contribution < 1.29 is 23.8 Å². The summed E-state index contributed by atoms with van der Waals surface area (Å²) in [4.78, 5) is 23.5. The van der Waals surface area contributed by atoms with E-state index in [1.165, 1.54) is 0 Å². The van der Waals surface area contributed by atoms with Gasteiger partial charge in [0.1, 0.15) is 6.61 Å². The lowest BCUT2D eigenvalue weighted by molar-refractivity contribution is 0.0178. The van der Waals surface area contributed by atoms with Crippen molar-refractivity contribution in [3.63, 3.8) is 0 Å². The van der Waals surface area contributed by atoms with Crippen molar-refractivity contribution in [2.24, 2.45) is 5.92 Å². The number of cyclic esters (lactones) is 1. The Balaban J connectivity index is 1.54. The number of esters is 1. The molecule has 136 valence electrons. The molecule has 6 heteroatoms.